The van der Waals surface area contributed by atoms with Crippen molar-refractivity contribution in [2.45, 2.75) is 32.1 Å². The molecule has 7 nitrogen and oxygen atoms in total. The Morgan fingerprint density at radius 2 is 2.07 bits per heavy atom. The smallest absolute Gasteiger partial charge is 0.224 e. The fourth-order valence-corrected chi connectivity index (χ4v) is 2.92. The highest BCUT2D eigenvalue weighted by atomic mass is 16.5. The molecule has 0 spiro atoms. The molecule has 2 aliphatic rings. The predicted octanol–water partition coefficient (Wildman–Crippen LogP) is 1.93. The van der Waals surface area contributed by atoms with Crippen LogP contribution < -0.4 is 20.7 Å². The molecule has 0 unspecified atom stereocenters. The van der Waals surface area contributed by atoms with E-state index in [1.54, 1.807) is 7.05 Å². The van der Waals surface area contributed by atoms with Gasteiger partial charge in [0, 0.05) is 38.9 Å². The number of aliphatic imine (C=N–C) groups is 1. The Morgan fingerprint density at radius 3 is 2.89 bits per heavy atom. The monoisotopic (exact) mass is 374 g/mol. The molecular weight excluding hydrogens is 344 g/mol. The Balaban J connectivity index is 1.27. The van der Waals surface area contributed by atoms with Crippen LogP contribution in [0.3, 0.4) is 0 Å². The van der Waals surface area contributed by atoms with E-state index in [-0.39, 0.29) is 5.91 Å². The van der Waals surface area contributed by atoms with E-state index in [2.05, 4.69) is 20.9 Å². The number of nitrogens with zero attached hydrogens (tertiary/aromatic N) is 1. The highest BCUT2D eigenvalue weighted by Gasteiger charge is 2.20. The summed E-state index contributed by atoms with van der Waals surface area (Å²) in [5.41, 5.74) is 2.02. The molecule has 1 fully saturated rings. The van der Waals surface area contributed by atoms with Crippen molar-refractivity contribution in [3.63, 3.8) is 0 Å². The fraction of sp³-hybridized carbons (Fsp3) is 0.600. The van der Waals surface area contributed by atoms with Gasteiger partial charge in [-0.25, -0.2) is 0 Å². The largest absolute Gasteiger partial charge is 0.492 e. The molecule has 148 valence electrons. The van der Waals surface area contributed by atoms with Crippen LogP contribution in [0.1, 0.15) is 31.2 Å². The zero-order chi connectivity index (χ0) is 18.9. The van der Waals surface area contributed by atoms with Gasteiger partial charge < -0.3 is 25.4 Å². The summed E-state index contributed by atoms with van der Waals surface area (Å²) in [6.07, 6.45) is 4.93. The first-order valence-corrected chi connectivity index (χ1v) is 9.82. The van der Waals surface area contributed by atoms with Crippen LogP contribution in [0.2, 0.25) is 0 Å². The van der Waals surface area contributed by atoms with Crippen LogP contribution in [0.15, 0.2) is 23.2 Å². The number of hydrogen-bond acceptors (Lipinski definition) is 4. The van der Waals surface area contributed by atoms with Gasteiger partial charge in [-0.15, -0.1) is 0 Å². The number of aryl methyl sites for hydroxylation is 1. The maximum atomic E-state index is 11.4. The lowest BCUT2D eigenvalue weighted by Crippen LogP contribution is -2.39. The number of amides is 1. The average molecular weight is 374 g/mol. The van der Waals surface area contributed by atoms with Crippen molar-refractivity contribution in [3.8, 4) is 5.75 Å². The fourth-order valence-electron chi connectivity index (χ4n) is 2.92. The molecule has 1 aliphatic carbocycles. The van der Waals surface area contributed by atoms with Gasteiger partial charge in [-0.05, 0) is 55.4 Å². The van der Waals surface area contributed by atoms with Crippen LogP contribution in [0.4, 0.5) is 5.69 Å². The van der Waals surface area contributed by atoms with E-state index in [0.717, 1.165) is 61.5 Å². The molecule has 1 aromatic carbocycles. The van der Waals surface area contributed by atoms with Crippen molar-refractivity contribution in [2.75, 3.05) is 45.3 Å². The average Bonchev–Trinajstić information content (AvgIpc) is 3.50. The van der Waals surface area contributed by atoms with Gasteiger partial charge >= 0.3 is 0 Å². The molecule has 1 saturated carbocycles. The van der Waals surface area contributed by atoms with Gasteiger partial charge in [0.15, 0.2) is 5.96 Å². The van der Waals surface area contributed by atoms with Crippen molar-refractivity contribution in [1.29, 1.82) is 0 Å². The van der Waals surface area contributed by atoms with Crippen LogP contribution in [-0.4, -0.2) is 51.8 Å². The molecule has 7 heteroatoms. The molecule has 0 aromatic heterocycles. The van der Waals surface area contributed by atoms with E-state index >= 15 is 0 Å². The summed E-state index contributed by atoms with van der Waals surface area (Å²) in [5.74, 6) is 2.49. The highest BCUT2D eigenvalue weighted by molar-refractivity contribution is 5.94. The minimum atomic E-state index is 0.0775. The minimum Gasteiger partial charge on any atom is -0.492 e. The van der Waals surface area contributed by atoms with Crippen molar-refractivity contribution in [3.05, 3.63) is 23.8 Å². The number of benzene rings is 1. The van der Waals surface area contributed by atoms with Gasteiger partial charge in [-0.2, -0.15) is 0 Å². The zero-order valence-corrected chi connectivity index (χ0v) is 16.1. The number of ether oxygens (including phenoxy) is 2. The Bertz CT molecular complexity index is 659. The summed E-state index contributed by atoms with van der Waals surface area (Å²) < 4.78 is 11.4. The van der Waals surface area contributed by atoms with Gasteiger partial charge in [-0.1, -0.05) is 0 Å². The summed E-state index contributed by atoms with van der Waals surface area (Å²) in [5, 5.41) is 9.40. The number of anilines is 1. The second-order valence-electron chi connectivity index (χ2n) is 7.01. The zero-order valence-electron chi connectivity index (χ0n) is 16.1. The third kappa shape index (κ3) is 6.75. The van der Waals surface area contributed by atoms with Crippen LogP contribution in [0.25, 0.3) is 0 Å². The van der Waals surface area contributed by atoms with Gasteiger partial charge in [-0.3, -0.25) is 9.79 Å². The number of carbonyl (C=O) groups excluding carboxylic acids is 1. The van der Waals surface area contributed by atoms with Gasteiger partial charge in [0.1, 0.15) is 12.4 Å². The molecule has 1 heterocycles. The standard InChI is InChI=1S/C20H30N4O3/c1-21-20(22-9-2-11-26-14-15-3-4-15)23-10-12-27-17-6-7-18-16(13-17)5-8-19(25)24-18/h6-7,13,15H,2-5,8-12,14H2,1H3,(H,24,25)(H2,21,22,23). The molecule has 1 aliphatic heterocycles. The third-order valence-corrected chi connectivity index (χ3v) is 4.67. The molecule has 3 rings (SSSR count). The summed E-state index contributed by atoms with van der Waals surface area (Å²) in [6, 6.07) is 5.80. The molecule has 0 bridgehead atoms. The number of hydrogen-bond donors (Lipinski definition) is 3. The van der Waals surface area contributed by atoms with E-state index in [0.29, 0.717) is 19.6 Å². The lowest BCUT2D eigenvalue weighted by molar-refractivity contribution is -0.116. The van der Waals surface area contributed by atoms with E-state index < -0.39 is 0 Å². The molecule has 1 amide bonds. The predicted molar refractivity (Wildman–Crippen MR) is 106 cm³/mol. The van der Waals surface area contributed by atoms with Crippen LogP contribution in [0, 0.1) is 5.92 Å². The van der Waals surface area contributed by atoms with E-state index in [4.69, 9.17) is 9.47 Å². The summed E-state index contributed by atoms with van der Waals surface area (Å²) >= 11 is 0. The van der Waals surface area contributed by atoms with Crippen LogP contribution >= 0.6 is 0 Å². The van der Waals surface area contributed by atoms with Gasteiger partial charge in [0.2, 0.25) is 5.91 Å². The molecule has 27 heavy (non-hydrogen) atoms. The number of nitrogens with one attached hydrogen (secondary N) is 3. The first-order valence-electron chi connectivity index (χ1n) is 9.82. The van der Waals surface area contributed by atoms with Gasteiger partial charge in [0.05, 0.1) is 6.54 Å². The Morgan fingerprint density at radius 1 is 1.22 bits per heavy atom. The lowest BCUT2D eigenvalue weighted by atomic mass is 10.0. The highest BCUT2D eigenvalue weighted by Crippen LogP contribution is 2.28. The second kappa shape index (κ2) is 10.2. The maximum Gasteiger partial charge on any atom is 0.224 e. The lowest BCUT2D eigenvalue weighted by Gasteiger charge is -2.18. The van der Waals surface area contributed by atoms with E-state index in [9.17, 15) is 4.79 Å². The molecule has 3 N–H and O–H groups in total. The summed E-state index contributed by atoms with van der Waals surface area (Å²) in [7, 11) is 1.76. The first kappa shape index (κ1) is 19.5. The van der Waals surface area contributed by atoms with E-state index in [1.807, 2.05) is 18.2 Å². The summed E-state index contributed by atoms with van der Waals surface area (Å²) in [6.45, 7) is 3.74. The molecular formula is C20H30N4O3. The molecule has 0 radical (unpaired) electrons. The van der Waals surface area contributed by atoms with Gasteiger partial charge in [0.25, 0.3) is 0 Å². The molecule has 0 atom stereocenters. The first-order chi connectivity index (χ1) is 13.2. The second-order valence-corrected chi connectivity index (χ2v) is 7.01. The molecule has 1 aromatic rings. The van der Waals surface area contributed by atoms with Crippen LogP contribution in [-0.2, 0) is 16.0 Å². The van der Waals surface area contributed by atoms with Crippen LogP contribution in [0.5, 0.6) is 5.75 Å². The van der Waals surface area contributed by atoms with Crippen molar-refractivity contribution >= 4 is 17.6 Å². The quantitative estimate of drug-likeness (QED) is 0.331. The SMILES string of the molecule is CN=C(NCCCOCC1CC1)NCCOc1ccc2c(c1)CCC(=O)N2. The van der Waals surface area contributed by atoms with Crippen molar-refractivity contribution in [2.24, 2.45) is 10.9 Å². The number of carbonyl (C=O) groups is 1. The summed E-state index contributed by atoms with van der Waals surface area (Å²) in [4.78, 5) is 15.6. The number of fused-ring (bicyclic) bond motifs is 1. The molecule has 0 saturated heterocycles. The van der Waals surface area contributed by atoms with E-state index in [1.165, 1.54) is 12.8 Å². The number of guanidine groups is 1. The van der Waals surface area contributed by atoms with Crippen molar-refractivity contribution in [1.82, 2.24) is 10.6 Å². The maximum absolute atomic E-state index is 11.4. The van der Waals surface area contributed by atoms with Crippen molar-refractivity contribution < 1.29 is 14.3 Å². The Hall–Kier alpha value is -2.28. The third-order valence-electron chi connectivity index (χ3n) is 4.67. The normalized spacial score (nSPS) is 16.5. The minimum absolute atomic E-state index is 0.0775. The Labute approximate surface area is 160 Å². The number of rotatable bonds is 10. The Kier molecular flexibility index (Phi) is 7.33. The topological polar surface area (TPSA) is 84.0 Å².